The number of rotatable bonds is 7. The number of hydrogen-bond donors (Lipinski definition) is 1. The fraction of sp³-hybridized carbons (Fsp3) is 0.500. The minimum Gasteiger partial charge on any atom is -0.468 e. The molecule has 0 radical (unpaired) electrons. The molecular formula is C14H21N3O2. The molecule has 5 heteroatoms. The van der Waals surface area contributed by atoms with Crippen molar-refractivity contribution >= 4 is 0 Å². The Balaban J connectivity index is 1.82. The number of furan rings is 1. The molecule has 0 amide bonds. The van der Waals surface area contributed by atoms with E-state index in [1.165, 1.54) is 0 Å². The summed E-state index contributed by atoms with van der Waals surface area (Å²) in [4.78, 5) is 2.12. The first-order valence-electron chi connectivity index (χ1n) is 6.52. The van der Waals surface area contributed by atoms with Crippen molar-refractivity contribution < 1.29 is 8.94 Å². The maximum absolute atomic E-state index is 5.32. The van der Waals surface area contributed by atoms with Crippen LogP contribution in [-0.4, -0.2) is 23.1 Å². The molecule has 1 N–H and O–H groups in total. The van der Waals surface area contributed by atoms with Crippen molar-refractivity contribution in [3.8, 4) is 0 Å². The zero-order valence-corrected chi connectivity index (χ0v) is 11.7. The molecule has 0 spiro atoms. The van der Waals surface area contributed by atoms with Gasteiger partial charge in [-0.05, 0) is 19.2 Å². The van der Waals surface area contributed by atoms with E-state index in [2.05, 4.69) is 29.2 Å². The van der Waals surface area contributed by atoms with Gasteiger partial charge >= 0.3 is 0 Å². The molecule has 0 unspecified atom stereocenters. The minimum atomic E-state index is 0.446. The Kier molecular flexibility index (Phi) is 4.76. The van der Waals surface area contributed by atoms with E-state index in [-0.39, 0.29) is 0 Å². The molecule has 104 valence electrons. The van der Waals surface area contributed by atoms with Gasteiger partial charge in [-0.15, -0.1) is 0 Å². The van der Waals surface area contributed by atoms with Crippen LogP contribution in [0.5, 0.6) is 0 Å². The molecule has 5 nitrogen and oxygen atoms in total. The fourth-order valence-corrected chi connectivity index (χ4v) is 1.81. The first kappa shape index (κ1) is 13.8. The highest BCUT2D eigenvalue weighted by molar-refractivity contribution is 5.05. The van der Waals surface area contributed by atoms with Crippen molar-refractivity contribution in [3.63, 3.8) is 0 Å². The SMILES string of the molecule is CC(C)NCc1cc(CN(C)Cc2ccco2)on1. The smallest absolute Gasteiger partial charge is 0.151 e. The molecule has 0 aliphatic rings. The highest BCUT2D eigenvalue weighted by Crippen LogP contribution is 2.10. The summed E-state index contributed by atoms with van der Waals surface area (Å²) >= 11 is 0. The molecule has 2 rings (SSSR count). The third kappa shape index (κ3) is 4.54. The van der Waals surface area contributed by atoms with Crippen LogP contribution in [0.15, 0.2) is 33.4 Å². The summed E-state index contributed by atoms with van der Waals surface area (Å²) in [7, 11) is 2.02. The second-order valence-electron chi connectivity index (χ2n) is 5.07. The van der Waals surface area contributed by atoms with Crippen LogP contribution in [0.25, 0.3) is 0 Å². The van der Waals surface area contributed by atoms with E-state index in [0.29, 0.717) is 6.04 Å². The molecule has 0 bridgehead atoms. The summed E-state index contributed by atoms with van der Waals surface area (Å²) in [5.41, 5.74) is 0.940. The fourth-order valence-electron chi connectivity index (χ4n) is 1.81. The monoisotopic (exact) mass is 263 g/mol. The Morgan fingerprint density at radius 1 is 1.32 bits per heavy atom. The molecule has 2 heterocycles. The van der Waals surface area contributed by atoms with Gasteiger partial charge in [-0.2, -0.15) is 0 Å². The van der Waals surface area contributed by atoms with E-state index >= 15 is 0 Å². The zero-order valence-electron chi connectivity index (χ0n) is 11.7. The molecule has 2 aromatic heterocycles. The summed E-state index contributed by atoms with van der Waals surface area (Å²) in [6.45, 7) is 6.43. The van der Waals surface area contributed by atoms with Crippen LogP contribution < -0.4 is 5.32 Å². The second-order valence-corrected chi connectivity index (χ2v) is 5.07. The van der Waals surface area contributed by atoms with Gasteiger partial charge in [-0.1, -0.05) is 19.0 Å². The predicted octanol–water partition coefficient (Wildman–Crippen LogP) is 2.40. The van der Waals surface area contributed by atoms with Crippen LogP contribution in [0.4, 0.5) is 0 Å². The number of nitrogens with zero attached hydrogens (tertiary/aromatic N) is 2. The van der Waals surface area contributed by atoms with Crippen LogP contribution in [0.2, 0.25) is 0 Å². The lowest BCUT2D eigenvalue weighted by atomic mass is 10.3. The van der Waals surface area contributed by atoms with Gasteiger partial charge in [0.05, 0.1) is 25.0 Å². The molecule has 0 fully saturated rings. The summed E-state index contributed by atoms with van der Waals surface area (Å²) < 4.78 is 10.6. The summed E-state index contributed by atoms with van der Waals surface area (Å²) in [5, 5.41) is 7.36. The lowest BCUT2D eigenvalue weighted by Gasteiger charge is -2.12. The number of nitrogens with one attached hydrogen (secondary N) is 1. The van der Waals surface area contributed by atoms with Crippen molar-refractivity contribution in [1.29, 1.82) is 0 Å². The quantitative estimate of drug-likeness (QED) is 0.831. The van der Waals surface area contributed by atoms with Gasteiger partial charge in [0, 0.05) is 18.7 Å². The Morgan fingerprint density at radius 3 is 2.79 bits per heavy atom. The molecule has 0 saturated carbocycles. The lowest BCUT2D eigenvalue weighted by Crippen LogP contribution is -2.21. The van der Waals surface area contributed by atoms with E-state index in [0.717, 1.165) is 36.8 Å². The molecule has 2 aromatic rings. The van der Waals surface area contributed by atoms with Gasteiger partial charge in [-0.25, -0.2) is 0 Å². The van der Waals surface area contributed by atoms with Crippen molar-refractivity contribution in [2.75, 3.05) is 7.05 Å². The van der Waals surface area contributed by atoms with Crippen LogP contribution in [0, 0.1) is 0 Å². The van der Waals surface area contributed by atoms with E-state index in [1.807, 2.05) is 25.2 Å². The number of hydrogen-bond acceptors (Lipinski definition) is 5. The predicted molar refractivity (Wildman–Crippen MR) is 72.4 cm³/mol. The van der Waals surface area contributed by atoms with Gasteiger partial charge in [-0.3, -0.25) is 4.90 Å². The Hall–Kier alpha value is -1.59. The second kappa shape index (κ2) is 6.54. The Morgan fingerprint density at radius 2 is 2.11 bits per heavy atom. The molecule has 0 saturated heterocycles. The molecular weight excluding hydrogens is 242 g/mol. The van der Waals surface area contributed by atoms with E-state index in [9.17, 15) is 0 Å². The Bertz CT molecular complexity index is 477. The summed E-state index contributed by atoms with van der Waals surface area (Å²) in [6, 6.07) is 6.30. The lowest BCUT2D eigenvalue weighted by molar-refractivity contribution is 0.248. The van der Waals surface area contributed by atoms with Crippen LogP contribution in [-0.2, 0) is 19.6 Å². The molecule has 0 aliphatic carbocycles. The third-order valence-corrected chi connectivity index (χ3v) is 2.73. The van der Waals surface area contributed by atoms with Gasteiger partial charge < -0.3 is 14.3 Å². The van der Waals surface area contributed by atoms with Crippen molar-refractivity contribution in [1.82, 2.24) is 15.4 Å². The van der Waals surface area contributed by atoms with Crippen molar-refractivity contribution in [2.24, 2.45) is 0 Å². The minimum absolute atomic E-state index is 0.446. The summed E-state index contributed by atoms with van der Waals surface area (Å²) in [6.07, 6.45) is 1.69. The molecule has 0 aliphatic heterocycles. The largest absolute Gasteiger partial charge is 0.468 e. The van der Waals surface area contributed by atoms with Crippen LogP contribution in [0.3, 0.4) is 0 Å². The van der Waals surface area contributed by atoms with Gasteiger partial charge in [0.2, 0.25) is 0 Å². The van der Waals surface area contributed by atoms with Gasteiger partial charge in [0.1, 0.15) is 5.76 Å². The standard InChI is InChI=1S/C14H21N3O2/c1-11(2)15-8-12-7-14(19-16-12)10-17(3)9-13-5-4-6-18-13/h4-7,11,15H,8-10H2,1-3H3. The normalized spacial score (nSPS) is 11.6. The molecule has 0 atom stereocenters. The van der Waals surface area contributed by atoms with Crippen molar-refractivity contribution in [3.05, 3.63) is 41.7 Å². The van der Waals surface area contributed by atoms with Gasteiger partial charge in [0.15, 0.2) is 5.76 Å². The first-order chi connectivity index (χ1) is 9.13. The average molecular weight is 263 g/mol. The van der Waals surface area contributed by atoms with E-state index in [1.54, 1.807) is 6.26 Å². The highest BCUT2D eigenvalue weighted by Gasteiger charge is 2.09. The van der Waals surface area contributed by atoms with Crippen molar-refractivity contribution in [2.45, 2.75) is 39.5 Å². The summed E-state index contributed by atoms with van der Waals surface area (Å²) in [5.74, 6) is 1.82. The van der Waals surface area contributed by atoms with Gasteiger partial charge in [0.25, 0.3) is 0 Å². The highest BCUT2D eigenvalue weighted by atomic mass is 16.5. The maximum atomic E-state index is 5.32. The van der Waals surface area contributed by atoms with E-state index in [4.69, 9.17) is 8.94 Å². The average Bonchev–Trinajstić information content (AvgIpc) is 2.98. The van der Waals surface area contributed by atoms with Crippen LogP contribution in [0.1, 0.15) is 31.1 Å². The number of aromatic nitrogens is 1. The first-order valence-corrected chi connectivity index (χ1v) is 6.52. The third-order valence-electron chi connectivity index (χ3n) is 2.73. The zero-order chi connectivity index (χ0) is 13.7. The Labute approximate surface area is 113 Å². The molecule has 0 aromatic carbocycles. The van der Waals surface area contributed by atoms with Crippen LogP contribution >= 0.6 is 0 Å². The molecule has 19 heavy (non-hydrogen) atoms. The van der Waals surface area contributed by atoms with E-state index < -0.39 is 0 Å². The maximum Gasteiger partial charge on any atom is 0.151 e. The topological polar surface area (TPSA) is 54.4 Å².